The summed E-state index contributed by atoms with van der Waals surface area (Å²) in [5.41, 5.74) is 2.85. The molecule has 4 aromatic heterocycles. The van der Waals surface area contributed by atoms with Gasteiger partial charge in [0.2, 0.25) is 0 Å². The van der Waals surface area contributed by atoms with Gasteiger partial charge in [-0.05, 0) is 50.2 Å². The van der Waals surface area contributed by atoms with E-state index >= 15 is 0 Å². The molecule has 1 aliphatic rings. The molecule has 40 heavy (non-hydrogen) atoms. The minimum Gasteiger partial charge on any atom is -0.395 e. The summed E-state index contributed by atoms with van der Waals surface area (Å²) in [6, 6.07) is 12.8. The fourth-order valence-corrected chi connectivity index (χ4v) is 5.63. The molecule has 1 aliphatic heterocycles. The Morgan fingerprint density at radius 1 is 1.05 bits per heavy atom. The van der Waals surface area contributed by atoms with Crippen LogP contribution in [-0.2, 0) is 21.1 Å². The first-order valence-electron chi connectivity index (χ1n) is 12.9. The van der Waals surface area contributed by atoms with Gasteiger partial charge in [-0.1, -0.05) is 6.07 Å². The largest absolute Gasteiger partial charge is 0.395 e. The second-order valence-electron chi connectivity index (χ2n) is 9.74. The highest BCUT2D eigenvalue weighted by molar-refractivity contribution is 7.91. The number of rotatable bonds is 8. The first-order valence-corrected chi connectivity index (χ1v) is 14.6. The standard InChI is InChI=1S/C28H30N6O5S/c1-18-16-34(17-19(2)39-18)27-5-3-4-24(33-27)25-7-6-20-13-30-22(11-26(20)32-25)14-31-28(36)21-10-23(15-29-12-21)40(37,38)9-8-35/h3-7,10-13,15,18-19,35H,8-9,14,16-17H2,1-2H3,(H,31,36)/t18-,19+. The van der Waals surface area contributed by atoms with E-state index in [1.165, 1.54) is 12.3 Å². The Kier molecular flexibility index (Phi) is 8.01. The van der Waals surface area contributed by atoms with Crippen molar-refractivity contribution >= 4 is 32.5 Å². The van der Waals surface area contributed by atoms with Gasteiger partial charge in [-0.25, -0.2) is 18.4 Å². The van der Waals surface area contributed by atoms with E-state index in [-0.39, 0.29) is 29.2 Å². The van der Waals surface area contributed by atoms with Crippen molar-refractivity contribution < 1.29 is 23.1 Å². The van der Waals surface area contributed by atoms with Crippen molar-refractivity contribution in [3.63, 3.8) is 0 Å². The van der Waals surface area contributed by atoms with Crippen LogP contribution in [0.3, 0.4) is 0 Å². The van der Waals surface area contributed by atoms with Gasteiger partial charge in [-0.2, -0.15) is 0 Å². The molecule has 12 heteroatoms. The summed E-state index contributed by atoms with van der Waals surface area (Å²) in [6.45, 7) is 5.24. The lowest BCUT2D eigenvalue weighted by Crippen LogP contribution is -2.45. The van der Waals surface area contributed by atoms with Crippen LogP contribution in [0.25, 0.3) is 22.3 Å². The van der Waals surface area contributed by atoms with Crippen LogP contribution in [0.1, 0.15) is 29.9 Å². The molecule has 4 aromatic rings. The molecular weight excluding hydrogens is 532 g/mol. The van der Waals surface area contributed by atoms with Crippen LogP contribution in [0, 0.1) is 0 Å². The highest BCUT2D eigenvalue weighted by Crippen LogP contribution is 2.24. The highest BCUT2D eigenvalue weighted by atomic mass is 32.2. The van der Waals surface area contributed by atoms with E-state index in [4.69, 9.17) is 19.8 Å². The molecule has 5 heterocycles. The SMILES string of the molecule is C[C@@H]1CN(c2cccc(-c3ccc4cnc(CNC(=O)c5cncc(S(=O)(=O)CCO)c5)cc4n3)n2)C[C@H](C)O1. The van der Waals surface area contributed by atoms with E-state index in [0.29, 0.717) is 11.2 Å². The number of anilines is 1. The molecule has 1 amide bonds. The lowest BCUT2D eigenvalue weighted by Gasteiger charge is -2.36. The molecule has 208 valence electrons. The smallest absolute Gasteiger partial charge is 0.253 e. The topological polar surface area (TPSA) is 147 Å². The molecule has 5 rings (SSSR count). The zero-order valence-corrected chi connectivity index (χ0v) is 23.0. The average molecular weight is 563 g/mol. The van der Waals surface area contributed by atoms with Gasteiger partial charge >= 0.3 is 0 Å². The lowest BCUT2D eigenvalue weighted by molar-refractivity contribution is -0.00545. The van der Waals surface area contributed by atoms with Gasteiger partial charge in [-0.15, -0.1) is 0 Å². The van der Waals surface area contributed by atoms with E-state index in [2.05, 4.69) is 34.0 Å². The summed E-state index contributed by atoms with van der Waals surface area (Å²) in [7, 11) is -3.73. The van der Waals surface area contributed by atoms with Crippen LogP contribution < -0.4 is 10.2 Å². The minimum absolute atomic E-state index is 0.0928. The number of carbonyl (C=O) groups is 1. The quantitative estimate of drug-likeness (QED) is 0.328. The zero-order valence-electron chi connectivity index (χ0n) is 22.2. The van der Waals surface area contributed by atoms with Crippen molar-refractivity contribution in [2.45, 2.75) is 37.5 Å². The molecule has 0 unspecified atom stereocenters. The summed E-state index contributed by atoms with van der Waals surface area (Å²) in [5.74, 6) is -0.0616. The number of aliphatic hydroxyl groups is 1. The van der Waals surface area contributed by atoms with Crippen LogP contribution in [0.5, 0.6) is 0 Å². The maximum atomic E-state index is 12.7. The predicted molar refractivity (Wildman–Crippen MR) is 150 cm³/mol. The average Bonchev–Trinajstić information content (AvgIpc) is 2.95. The van der Waals surface area contributed by atoms with Crippen molar-refractivity contribution in [2.75, 3.05) is 30.3 Å². The molecule has 0 spiro atoms. The fraction of sp³-hybridized carbons (Fsp3) is 0.321. The molecule has 0 saturated carbocycles. The second-order valence-corrected chi connectivity index (χ2v) is 11.9. The number of morpholine rings is 1. The molecule has 0 aromatic carbocycles. The number of amides is 1. The molecule has 2 atom stereocenters. The maximum Gasteiger partial charge on any atom is 0.253 e. The Bertz CT molecular complexity index is 1640. The van der Waals surface area contributed by atoms with E-state index < -0.39 is 28.1 Å². The fourth-order valence-electron chi connectivity index (χ4n) is 4.63. The number of ether oxygens (including phenoxy) is 1. The van der Waals surface area contributed by atoms with Crippen molar-refractivity contribution in [1.82, 2.24) is 25.3 Å². The molecular formula is C28H30N6O5S. The van der Waals surface area contributed by atoms with Crippen LogP contribution >= 0.6 is 0 Å². The Balaban J connectivity index is 1.32. The Morgan fingerprint density at radius 2 is 1.82 bits per heavy atom. The zero-order chi connectivity index (χ0) is 28.3. The molecule has 1 saturated heterocycles. The van der Waals surface area contributed by atoms with Crippen molar-refractivity contribution in [3.05, 3.63) is 72.3 Å². The van der Waals surface area contributed by atoms with Crippen molar-refractivity contribution in [2.24, 2.45) is 0 Å². The summed E-state index contributed by atoms with van der Waals surface area (Å²) in [6.07, 6.45) is 4.38. The number of aromatic nitrogens is 4. The van der Waals surface area contributed by atoms with Gasteiger partial charge < -0.3 is 20.1 Å². The molecule has 0 radical (unpaired) electrons. The lowest BCUT2D eigenvalue weighted by atomic mass is 10.1. The van der Waals surface area contributed by atoms with E-state index in [1.807, 2.05) is 30.3 Å². The van der Waals surface area contributed by atoms with E-state index in [1.54, 1.807) is 12.3 Å². The van der Waals surface area contributed by atoms with Gasteiger partial charge in [0, 0.05) is 37.1 Å². The van der Waals surface area contributed by atoms with Gasteiger partial charge in [0.1, 0.15) is 5.82 Å². The van der Waals surface area contributed by atoms with Crippen LogP contribution in [0.4, 0.5) is 5.82 Å². The monoisotopic (exact) mass is 562 g/mol. The molecule has 0 bridgehead atoms. The number of nitrogens with one attached hydrogen (secondary N) is 1. The third-order valence-corrected chi connectivity index (χ3v) is 8.16. The van der Waals surface area contributed by atoms with Crippen molar-refractivity contribution in [3.8, 4) is 11.4 Å². The Morgan fingerprint density at radius 3 is 2.60 bits per heavy atom. The predicted octanol–water partition coefficient (Wildman–Crippen LogP) is 2.40. The van der Waals surface area contributed by atoms with E-state index in [0.717, 1.165) is 41.9 Å². The number of pyridine rings is 4. The highest BCUT2D eigenvalue weighted by Gasteiger charge is 2.23. The number of hydrogen-bond donors (Lipinski definition) is 2. The number of sulfone groups is 1. The molecule has 2 N–H and O–H groups in total. The first-order chi connectivity index (χ1) is 19.2. The Hall–Kier alpha value is -4.00. The number of carbonyl (C=O) groups excluding carboxylic acids is 1. The molecule has 1 fully saturated rings. The number of nitrogens with zero attached hydrogens (tertiary/aromatic N) is 5. The van der Waals surface area contributed by atoms with Crippen LogP contribution in [0.2, 0.25) is 0 Å². The molecule has 11 nitrogen and oxygen atoms in total. The first kappa shape index (κ1) is 27.6. The summed E-state index contributed by atoms with van der Waals surface area (Å²) >= 11 is 0. The van der Waals surface area contributed by atoms with Gasteiger partial charge in [0.15, 0.2) is 9.84 Å². The number of hydrogen-bond acceptors (Lipinski definition) is 10. The van der Waals surface area contributed by atoms with Gasteiger partial charge in [0.05, 0.1) is 64.2 Å². The summed E-state index contributed by atoms with van der Waals surface area (Å²) in [5, 5.41) is 12.6. The third kappa shape index (κ3) is 6.24. The number of fused-ring (bicyclic) bond motifs is 1. The third-order valence-electron chi connectivity index (χ3n) is 6.50. The van der Waals surface area contributed by atoms with Gasteiger partial charge in [0.25, 0.3) is 5.91 Å². The summed E-state index contributed by atoms with van der Waals surface area (Å²) < 4.78 is 30.3. The van der Waals surface area contributed by atoms with Crippen molar-refractivity contribution in [1.29, 1.82) is 0 Å². The Labute approximate surface area is 232 Å². The van der Waals surface area contributed by atoms with Gasteiger partial charge in [-0.3, -0.25) is 14.8 Å². The summed E-state index contributed by atoms with van der Waals surface area (Å²) in [4.78, 5) is 32.8. The minimum atomic E-state index is -3.73. The van der Waals surface area contributed by atoms with E-state index in [9.17, 15) is 13.2 Å². The van der Waals surface area contributed by atoms with Crippen LogP contribution in [0.15, 0.2) is 66.0 Å². The molecule has 0 aliphatic carbocycles. The second kappa shape index (κ2) is 11.6. The van der Waals surface area contributed by atoms with Crippen LogP contribution in [-0.4, -0.2) is 77.0 Å². The maximum absolute atomic E-state index is 12.7. The normalized spacial score (nSPS) is 17.6. The number of aliphatic hydroxyl groups excluding tert-OH is 1.